The highest BCUT2D eigenvalue weighted by molar-refractivity contribution is 7.90. The summed E-state index contributed by atoms with van der Waals surface area (Å²) in [5.41, 5.74) is 6.38. The summed E-state index contributed by atoms with van der Waals surface area (Å²) in [5, 5.41) is 0. The van der Waals surface area contributed by atoms with Crippen LogP contribution in [0.1, 0.15) is 43.6 Å². The zero-order valence-electron chi connectivity index (χ0n) is 15.9. The number of likely N-dealkylation sites (N-methyl/N-ethyl adjacent to an activating group) is 1. The molecule has 1 aromatic carbocycles. The van der Waals surface area contributed by atoms with Gasteiger partial charge in [-0.05, 0) is 43.5 Å². The van der Waals surface area contributed by atoms with Gasteiger partial charge in [0.15, 0.2) is 9.84 Å². The molecule has 1 aliphatic carbocycles. The molecule has 26 heavy (non-hydrogen) atoms. The molecule has 2 aliphatic rings. The van der Waals surface area contributed by atoms with Crippen LogP contribution >= 0.6 is 0 Å². The van der Waals surface area contributed by atoms with Crippen molar-refractivity contribution in [2.45, 2.75) is 42.9 Å². The third-order valence-corrected chi connectivity index (χ3v) is 6.33. The Morgan fingerprint density at radius 1 is 1.00 bits per heavy atom. The van der Waals surface area contributed by atoms with Gasteiger partial charge in [0, 0.05) is 32.4 Å². The molecule has 1 saturated carbocycles. The lowest BCUT2D eigenvalue weighted by Gasteiger charge is -2.30. The molecular weight excluding hydrogens is 350 g/mol. The zero-order chi connectivity index (χ0) is 19.2. The third-order valence-electron chi connectivity index (χ3n) is 5.20. The molecule has 6 nitrogen and oxygen atoms in total. The number of sulfone groups is 1. The van der Waals surface area contributed by atoms with Crippen LogP contribution in [0.5, 0.6) is 0 Å². The average Bonchev–Trinajstić information content (AvgIpc) is 2.63. The lowest BCUT2D eigenvalue weighted by Crippen LogP contribution is -2.49. The van der Waals surface area contributed by atoms with E-state index in [1.165, 1.54) is 43.9 Å². The molecule has 0 spiro atoms. The van der Waals surface area contributed by atoms with Gasteiger partial charge in [-0.1, -0.05) is 31.4 Å². The van der Waals surface area contributed by atoms with Crippen LogP contribution in [0.15, 0.2) is 29.2 Å². The summed E-state index contributed by atoms with van der Waals surface area (Å²) in [5.74, 6) is 0.641. The predicted molar refractivity (Wildman–Crippen MR) is 104 cm³/mol. The molecule has 2 N–H and O–H groups in total. The Morgan fingerprint density at radius 3 is 2.00 bits per heavy atom. The van der Waals surface area contributed by atoms with E-state index >= 15 is 0 Å². The van der Waals surface area contributed by atoms with Crippen molar-refractivity contribution in [3.8, 4) is 0 Å². The van der Waals surface area contributed by atoms with E-state index < -0.39 is 9.84 Å². The van der Waals surface area contributed by atoms with Crippen molar-refractivity contribution in [1.82, 2.24) is 9.80 Å². The normalized spacial score (nSPS) is 19.5. The zero-order valence-corrected chi connectivity index (χ0v) is 16.7. The number of nitrogens with two attached hydrogens (primary N) is 1. The maximum absolute atomic E-state index is 11.3. The summed E-state index contributed by atoms with van der Waals surface area (Å²) in [6.45, 7) is 3.41. The first-order chi connectivity index (χ1) is 12.3. The Morgan fingerprint density at radius 2 is 1.54 bits per heavy atom. The molecule has 1 aliphatic heterocycles. The number of nitrogens with zero attached hydrogens (tertiary/aromatic N) is 2. The van der Waals surface area contributed by atoms with Gasteiger partial charge in [0.25, 0.3) is 0 Å². The van der Waals surface area contributed by atoms with E-state index in [0.717, 1.165) is 26.2 Å². The molecule has 1 aromatic rings. The maximum Gasteiger partial charge on any atom is 0.314 e. The van der Waals surface area contributed by atoms with Crippen molar-refractivity contribution in [3.63, 3.8) is 0 Å². The highest BCUT2D eigenvalue weighted by Crippen LogP contribution is 2.32. The number of rotatable bonds is 2. The number of urea groups is 1. The first-order valence-corrected chi connectivity index (χ1v) is 11.2. The molecule has 0 unspecified atom stereocenters. The summed E-state index contributed by atoms with van der Waals surface area (Å²) in [7, 11) is -1.01. The highest BCUT2D eigenvalue weighted by Gasteiger charge is 2.16. The third kappa shape index (κ3) is 6.29. The van der Waals surface area contributed by atoms with E-state index in [9.17, 15) is 13.2 Å². The van der Waals surface area contributed by atoms with Crippen LogP contribution in [-0.2, 0) is 9.84 Å². The van der Waals surface area contributed by atoms with E-state index in [4.69, 9.17) is 5.73 Å². The van der Waals surface area contributed by atoms with Crippen LogP contribution in [0.4, 0.5) is 4.79 Å². The first kappa shape index (κ1) is 20.7. The van der Waals surface area contributed by atoms with Crippen molar-refractivity contribution >= 4 is 15.9 Å². The number of amides is 2. The molecule has 0 aromatic heterocycles. The van der Waals surface area contributed by atoms with E-state index in [-0.39, 0.29) is 6.03 Å². The second-order valence-corrected chi connectivity index (χ2v) is 9.32. The molecule has 1 saturated heterocycles. The van der Waals surface area contributed by atoms with Crippen molar-refractivity contribution in [3.05, 3.63) is 29.8 Å². The summed E-state index contributed by atoms with van der Waals surface area (Å²) in [6, 6.07) is 7.13. The van der Waals surface area contributed by atoms with Gasteiger partial charge in [0.2, 0.25) is 0 Å². The van der Waals surface area contributed by atoms with Crippen LogP contribution < -0.4 is 5.73 Å². The summed E-state index contributed by atoms with van der Waals surface area (Å²) in [6.07, 6.45) is 7.70. The largest absolute Gasteiger partial charge is 0.351 e. The molecule has 0 bridgehead atoms. The topological polar surface area (TPSA) is 83.7 Å². The van der Waals surface area contributed by atoms with Gasteiger partial charge in [-0.3, -0.25) is 0 Å². The Kier molecular flexibility index (Phi) is 7.46. The van der Waals surface area contributed by atoms with Crippen LogP contribution in [0, 0.1) is 0 Å². The molecule has 146 valence electrons. The minimum Gasteiger partial charge on any atom is -0.351 e. The van der Waals surface area contributed by atoms with E-state index in [1.54, 1.807) is 17.0 Å². The lowest BCUT2D eigenvalue weighted by atomic mass is 9.84. The molecule has 2 fully saturated rings. The fourth-order valence-corrected chi connectivity index (χ4v) is 4.08. The summed E-state index contributed by atoms with van der Waals surface area (Å²) < 4.78 is 22.6. The Bertz CT molecular complexity index is 674. The van der Waals surface area contributed by atoms with Gasteiger partial charge in [-0.15, -0.1) is 0 Å². The minimum atomic E-state index is -3.05. The predicted octanol–water partition coefficient (Wildman–Crippen LogP) is 2.45. The van der Waals surface area contributed by atoms with Crippen molar-refractivity contribution < 1.29 is 13.2 Å². The van der Waals surface area contributed by atoms with Crippen LogP contribution in [0.25, 0.3) is 0 Å². The van der Waals surface area contributed by atoms with E-state index in [0.29, 0.717) is 10.8 Å². The van der Waals surface area contributed by atoms with Crippen LogP contribution in [0.2, 0.25) is 0 Å². The molecule has 2 amide bonds. The maximum atomic E-state index is 11.3. The molecule has 0 radical (unpaired) electrons. The second-order valence-electron chi connectivity index (χ2n) is 7.30. The van der Waals surface area contributed by atoms with Gasteiger partial charge in [-0.25, -0.2) is 13.2 Å². The lowest BCUT2D eigenvalue weighted by molar-refractivity contribution is 0.161. The smallest absolute Gasteiger partial charge is 0.314 e. The van der Waals surface area contributed by atoms with Crippen LogP contribution in [0.3, 0.4) is 0 Å². The second kappa shape index (κ2) is 9.37. The SMILES string of the molecule is CN1CCN(C(N)=O)CC1.CS(=O)(=O)c1ccc(C2CCCCC2)cc1. The minimum absolute atomic E-state index is 0.298. The first-order valence-electron chi connectivity index (χ1n) is 9.30. The standard InChI is InChI=1S/C13H18O2S.C6H13N3O/c1-16(14,15)13-9-7-12(8-10-13)11-5-3-2-4-6-11;1-8-2-4-9(5-3-8)6(7)10/h7-11H,2-6H2,1H3;2-5H2,1H3,(H2,7,10). The molecule has 0 atom stereocenters. The van der Waals surface area contributed by atoms with Gasteiger partial charge in [0.05, 0.1) is 4.90 Å². The number of carbonyl (C=O) groups excluding carboxylic acids is 1. The summed E-state index contributed by atoms with van der Waals surface area (Å²) >= 11 is 0. The Hall–Kier alpha value is -1.60. The fourth-order valence-electron chi connectivity index (χ4n) is 3.45. The Balaban J connectivity index is 0.000000209. The average molecular weight is 382 g/mol. The van der Waals surface area contributed by atoms with E-state index in [1.807, 2.05) is 19.2 Å². The quantitative estimate of drug-likeness (QED) is 0.853. The van der Waals surface area contributed by atoms with E-state index in [2.05, 4.69) is 4.90 Å². The number of carbonyl (C=O) groups is 1. The molecule has 3 rings (SSSR count). The molecule has 7 heteroatoms. The molecular formula is C19H31N3O3S. The number of primary amides is 1. The van der Waals surface area contributed by atoms with Gasteiger partial charge in [0.1, 0.15) is 0 Å². The highest BCUT2D eigenvalue weighted by atomic mass is 32.2. The van der Waals surface area contributed by atoms with Crippen molar-refractivity contribution in [1.29, 1.82) is 0 Å². The fraction of sp³-hybridized carbons (Fsp3) is 0.632. The monoisotopic (exact) mass is 381 g/mol. The number of hydrogen-bond acceptors (Lipinski definition) is 4. The number of hydrogen-bond donors (Lipinski definition) is 1. The number of benzene rings is 1. The molecule has 1 heterocycles. The Labute approximate surface area is 157 Å². The summed E-state index contributed by atoms with van der Waals surface area (Å²) in [4.78, 5) is 14.9. The van der Waals surface area contributed by atoms with Crippen molar-refractivity contribution in [2.75, 3.05) is 39.5 Å². The van der Waals surface area contributed by atoms with Crippen LogP contribution in [-0.4, -0.2) is 63.7 Å². The van der Waals surface area contributed by atoms with Gasteiger partial charge >= 0.3 is 6.03 Å². The number of piperazine rings is 1. The van der Waals surface area contributed by atoms with Gasteiger partial charge in [-0.2, -0.15) is 0 Å². The van der Waals surface area contributed by atoms with Gasteiger partial charge < -0.3 is 15.5 Å². The van der Waals surface area contributed by atoms with Crippen molar-refractivity contribution in [2.24, 2.45) is 5.73 Å².